The smallest absolute Gasteiger partial charge is 0.446 e. The fourth-order valence-corrected chi connectivity index (χ4v) is 4.37. The number of hydrogen-bond acceptors (Lipinski definition) is 5. The van der Waals surface area contributed by atoms with Crippen LogP contribution in [0.3, 0.4) is 0 Å². The number of amides is 3. The number of imide groups is 1. The zero-order chi connectivity index (χ0) is 25.4. The van der Waals surface area contributed by atoms with Crippen molar-refractivity contribution in [3.8, 4) is 5.75 Å². The van der Waals surface area contributed by atoms with Gasteiger partial charge in [0.05, 0.1) is 19.3 Å². The fraction of sp³-hybridized carbons (Fsp3) is 0.292. The summed E-state index contributed by atoms with van der Waals surface area (Å²) in [6.07, 6.45) is 3.42. The van der Waals surface area contributed by atoms with Gasteiger partial charge in [-0.15, -0.1) is 0 Å². The second-order valence-electron chi connectivity index (χ2n) is 8.43. The van der Waals surface area contributed by atoms with E-state index in [2.05, 4.69) is 4.98 Å². The van der Waals surface area contributed by atoms with Gasteiger partial charge in [-0.1, -0.05) is 12.1 Å². The molecule has 1 aliphatic heterocycles. The summed E-state index contributed by atoms with van der Waals surface area (Å²) in [6, 6.07) is 12.2. The highest BCUT2D eigenvalue weighted by atomic mass is 32.2. The van der Waals surface area contributed by atoms with E-state index in [0.717, 1.165) is 16.2 Å². The van der Waals surface area contributed by atoms with Gasteiger partial charge in [-0.3, -0.25) is 4.79 Å². The predicted octanol–water partition coefficient (Wildman–Crippen LogP) is 5.30. The Morgan fingerprint density at radius 3 is 2.26 bits per heavy atom. The molecule has 0 N–H and O–H groups in total. The molecule has 0 atom stereocenters. The largest absolute Gasteiger partial charge is 0.497 e. The lowest BCUT2D eigenvalue weighted by Crippen LogP contribution is -2.44. The molecule has 0 bridgehead atoms. The Bertz CT molecular complexity index is 1220. The molecule has 1 saturated heterocycles. The molecular weight excluding hydrogens is 481 g/mol. The lowest BCUT2D eigenvalue weighted by atomic mass is 10.0. The van der Waals surface area contributed by atoms with Gasteiger partial charge >= 0.3 is 11.5 Å². The molecule has 1 aliphatic rings. The summed E-state index contributed by atoms with van der Waals surface area (Å²) < 4.78 is 45.0. The number of methoxy groups -OCH3 is 1. The molecule has 2 aromatic carbocycles. The number of ether oxygens (including phenoxy) is 1. The van der Waals surface area contributed by atoms with E-state index < -0.39 is 23.0 Å². The molecule has 0 spiro atoms. The fourth-order valence-electron chi connectivity index (χ4n) is 3.83. The van der Waals surface area contributed by atoms with E-state index in [1.165, 1.54) is 29.2 Å². The van der Waals surface area contributed by atoms with E-state index in [1.54, 1.807) is 33.4 Å². The first-order chi connectivity index (χ1) is 16.5. The Kier molecular flexibility index (Phi) is 6.54. The summed E-state index contributed by atoms with van der Waals surface area (Å²) in [7, 11) is 1.60. The lowest BCUT2D eigenvalue weighted by Gasteiger charge is -2.27. The Morgan fingerprint density at radius 2 is 1.66 bits per heavy atom. The number of halogens is 3. The minimum absolute atomic E-state index is 0.0305. The number of nitrogens with zero attached hydrogens (tertiary/aromatic N) is 4. The molecule has 0 aliphatic carbocycles. The Balaban J connectivity index is 1.54. The maximum Gasteiger partial charge on any atom is 0.446 e. The quantitative estimate of drug-likeness (QED) is 0.323. The number of anilines is 1. The molecule has 184 valence electrons. The van der Waals surface area contributed by atoms with Crippen LogP contribution in [-0.4, -0.2) is 44.5 Å². The number of aromatic nitrogens is 2. The van der Waals surface area contributed by atoms with Crippen LogP contribution in [0.4, 0.5) is 23.7 Å². The van der Waals surface area contributed by atoms with E-state index in [4.69, 9.17) is 4.74 Å². The average molecular weight is 505 g/mol. The number of alkyl halides is 3. The first kappa shape index (κ1) is 24.6. The van der Waals surface area contributed by atoms with Crippen molar-refractivity contribution in [2.24, 2.45) is 0 Å². The van der Waals surface area contributed by atoms with E-state index in [0.29, 0.717) is 12.4 Å². The summed E-state index contributed by atoms with van der Waals surface area (Å²) in [4.78, 5) is 33.2. The van der Waals surface area contributed by atoms with Crippen molar-refractivity contribution < 1.29 is 27.5 Å². The summed E-state index contributed by atoms with van der Waals surface area (Å²) in [6.45, 7) is 3.87. The van der Waals surface area contributed by atoms with Crippen molar-refractivity contribution in [2.75, 3.05) is 12.0 Å². The zero-order valence-electron chi connectivity index (χ0n) is 19.2. The van der Waals surface area contributed by atoms with Gasteiger partial charge in [0.1, 0.15) is 17.1 Å². The van der Waals surface area contributed by atoms with Crippen LogP contribution in [0.1, 0.15) is 25.2 Å². The molecule has 0 saturated carbocycles. The van der Waals surface area contributed by atoms with Crippen molar-refractivity contribution in [1.82, 2.24) is 14.5 Å². The molecular formula is C24H23F3N4O3S. The Morgan fingerprint density at radius 1 is 1.00 bits per heavy atom. The molecule has 0 unspecified atom stereocenters. The van der Waals surface area contributed by atoms with Crippen LogP contribution >= 0.6 is 11.8 Å². The molecule has 11 heteroatoms. The highest BCUT2D eigenvalue weighted by Gasteiger charge is 2.52. The van der Waals surface area contributed by atoms with Crippen LogP contribution in [0.25, 0.3) is 0 Å². The van der Waals surface area contributed by atoms with Crippen molar-refractivity contribution in [3.05, 3.63) is 72.3 Å². The van der Waals surface area contributed by atoms with Crippen LogP contribution in [0.2, 0.25) is 0 Å². The number of hydrogen-bond donors (Lipinski definition) is 0. The third-order valence-corrected chi connectivity index (χ3v) is 6.50. The van der Waals surface area contributed by atoms with Crippen molar-refractivity contribution in [2.45, 2.75) is 42.9 Å². The van der Waals surface area contributed by atoms with Gasteiger partial charge < -0.3 is 14.2 Å². The van der Waals surface area contributed by atoms with Gasteiger partial charge in [0, 0.05) is 23.8 Å². The Hall–Kier alpha value is -3.47. The number of rotatable bonds is 7. The van der Waals surface area contributed by atoms with Crippen LogP contribution < -0.4 is 9.64 Å². The molecule has 2 heterocycles. The third-order valence-electron chi connectivity index (χ3n) is 5.77. The summed E-state index contributed by atoms with van der Waals surface area (Å²) in [5, 5.41) is 0. The van der Waals surface area contributed by atoms with Gasteiger partial charge in [-0.05, 0) is 67.6 Å². The van der Waals surface area contributed by atoms with Crippen molar-refractivity contribution >= 4 is 29.4 Å². The van der Waals surface area contributed by atoms with Crippen LogP contribution in [0, 0.1) is 0 Å². The SMILES string of the molecule is COc1ccc(Cn2ccnc2CN2C(=O)N(c3ccc(SC(F)(F)F)cc3)C(=O)C2(C)C)cc1. The number of urea groups is 1. The average Bonchev–Trinajstić information content (AvgIpc) is 3.30. The van der Waals surface area contributed by atoms with Crippen molar-refractivity contribution in [3.63, 3.8) is 0 Å². The minimum atomic E-state index is -4.42. The number of carbonyl (C=O) groups excluding carboxylic acids is 2. The molecule has 1 aromatic heterocycles. The standard InChI is InChI=1S/C24H23F3N4O3S/c1-23(2)21(32)31(17-6-10-19(11-7-17)35-24(25,26)27)22(33)30(23)15-20-28-12-13-29(20)14-16-4-8-18(34-3)9-5-16/h4-13H,14-15H2,1-3H3. The molecule has 1 fully saturated rings. The second kappa shape index (κ2) is 9.29. The first-order valence-electron chi connectivity index (χ1n) is 10.6. The van der Waals surface area contributed by atoms with Gasteiger partial charge in [0.25, 0.3) is 5.91 Å². The van der Waals surface area contributed by atoms with Crippen molar-refractivity contribution in [1.29, 1.82) is 0 Å². The third kappa shape index (κ3) is 5.14. The molecule has 35 heavy (non-hydrogen) atoms. The number of benzene rings is 2. The first-order valence-corrected chi connectivity index (χ1v) is 11.5. The molecule has 3 amide bonds. The second-order valence-corrected chi connectivity index (χ2v) is 9.57. The van der Waals surface area contributed by atoms with Gasteiger partial charge in [-0.25, -0.2) is 14.7 Å². The summed E-state index contributed by atoms with van der Waals surface area (Å²) in [5.41, 5.74) is -4.38. The zero-order valence-corrected chi connectivity index (χ0v) is 20.1. The van der Waals surface area contributed by atoms with Gasteiger partial charge in [-0.2, -0.15) is 13.2 Å². The molecule has 3 aromatic rings. The summed E-state index contributed by atoms with van der Waals surface area (Å²) >= 11 is -0.256. The van der Waals surface area contributed by atoms with E-state index in [9.17, 15) is 22.8 Å². The number of thioether (sulfide) groups is 1. The van der Waals surface area contributed by atoms with E-state index in [-0.39, 0.29) is 28.9 Å². The van der Waals surface area contributed by atoms with Crippen LogP contribution in [0.5, 0.6) is 5.75 Å². The highest BCUT2D eigenvalue weighted by molar-refractivity contribution is 8.00. The molecule has 7 nitrogen and oxygen atoms in total. The number of imidazole rings is 1. The normalized spacial score (nSPS) is 15.7. The maximum absolute atomic E-state index is 13.3. The maximum atomic E-state index is 13.3. The molecule has 4 rings (SSSR count). The summed E-state index contributed by atoms with van der Waals surface area (Å²) in [5.74, 6) is 0.869. The van der Waals surface area contributed by atoms with Gasteiger partial charge in [0.15, 0.2) is 0 Å². The monoisotopic (exact) mass is 504 g/mol. The van der Waals surface area contributed by atoms with Crippen LogP contribution in [-0.2, 0) is 17.9 Å². The minimum Gasteiger partial charge on any atom is -0.497 e. The Labute approximate surface area is 204 Å². The predicted molar refractivity (Wildman–Crippen MR) is 125 cm³/mol. The lowest BCUT2D eigenvalue weighted by molar-refractivity contribution is -0.123. The van der Waals surface area contributed by atoms with E-state index in [1.807, 2.05) is 28.8 Å². The van der Waals surface area contributed by atoms with E-state index >= 15 is 0 Å². The van der Waals surface area contributed by atoms with Crippen LogP contribution in [0.15, 0.2) is 65.8 Å². The number of carbonyl (C=O) groups is 2. The molecule has 0 radical (unpaired) electrons. The topological polar surface area (TPSA) is 67.7 Å². The highest BCUT2D eigenvalue weighted by Crippen LogP contribution is 2.38. The van der Waals surface area contributed by atoms with Gasteiger partial charge in [0.2, 0.25) is 0 Å².